The van der Waals surface area contributed by atoms with E-state index in [4.69, 9.17) is 5.73 Å². The number of fused-ring (bicyclic) bond motifs is 1. The van der Waals surface area contributed by atoms with Gasteiger partial charge in [0.05, 0.1) is 0 Å². The molecule has 1 saturated heterocycles. The number of nitrogens with two attached hydrogens (primary N) is 1. The molecule has 3 atom stereocenters. The maximum Gasteiger partial charge on any atom is 0.231 e. The number of rotatable bonds is 6. The van der Waals surface area contributed by atoms with E-state index in [1.54, 1.807) is 0 Å². The van der Waals surface area contributed by atoms with Crippen molar-refractivity contribution in [3.8, 4) is 0 Å². The number of benzene rings is 1. The van der Waals surface area contributed by atoms with Crippen LogP contribution in [0.4, 0.5) is 17.8 Å². The van der Waals surface area contributed by atoms with Crippen LogP contribution in [0.2, 0.25) is 0 Å². The predicted octanol–water partition coefficient (Wildman–Crippen LogP) is 1.31. The van der Waals surface area contributed by atoms with E-state index >= 15 is 0 Å². The average Bonchev–Trinajstić information content (AvgIpc) is 3.03. The Hall–Kier alpha value is -2.41. The van der Waals surface area contributed by atoms with Crippen molar-refractivity contribution in [3.05, 3.63) is 35.9 Å². The van der Waals surface area contributed by atoms with Crippen LogP contribution in [0.25, 0.3) is 0 Å². The zero-order valence-electron chi connectivity index (χ0n) is 14.8. The largest absolute Gasteiger partial charge is 0.368 e. The van der Waals surface area contributed by atoms with Gasteiger partial charge in [0, 0.05) is 26.2 Å². The van der Waals surface area contributed by atoms with Gasteiger partial charge in [-0.15, -0.1) is 0 Å². The number of anilines is 3. The second-order valence-electron chi connectivity index (χ2n) is 7.32. The van der Waals surface area contributed by atoms with Gasteiger partial charge in [-0.3, -0.25) is 0 Å². The maximum atomic E-state index is 5.90. The highest BCUT2D eigenvalue weighted by molar-refractivity contribution is 5.44. The zero-order valence-corrected chi connectivity index (χ0v) is 14.8. The molecule has 1 aromatic carbocycles. The number of nitrogen functional groups attached to an aromatic ring is 1. The molecule has 3 N–H and O–H groups in total. The molecule has 2 aliphatic rings. The molecular weight excluding hydrogens is 314 g/mol. The second kappa shape index (κ2) is 6.48. The smallest absolute Gasteiger partial charge is 0.231 e. The minimum atomic E-state index is 0.269. The van der Waals surface area contributed by atoms with Gasteiger partial charge in [-0.2, -0.15) is 15.0 Å². The average molecular weight is 339 g/mol. The van der Waals surface area contributed by atoms with Gasteiger partial charge in [0.2, 0.25) is 17.8 Å². The number of piperidine rings is 1. The molecule has 0 amide bonds. The fraction of sp³-hybridized carbons (Fsp3) is 0.500. The quantitative estimate of drug-likeness (QED) is 0.821. The van der Waals surface area contributed by atoms with Crippen LogP contribution in [0, 0.1) is 17.8 Å². The highest BCUT2D eigenvalue weighted by Crippen LogP contribution is 2.52. The third-order valence-electron chi connectivity index (χ3n) is 5.16. The minimum Gasteiger partial charge on any atom is -0.368 e. The van der Waals surface area contributed by atoms with Crippen LogP contribution in [0.1, 0.15) is 5.56 Å². The first-order valence-corrected chi connectivity index (χ1v) is 8.79. The molecule has 0 bridgehead atoms. The molecule has 1 saturated carbocycles. The maximum absolute atomic E-state index is 5.90. The molecule has 1 aromatic heterocycles. The predicted molar refractivity (Wildman–Crippen MR) is 99.2 cm³/mol. The summed E-state index contributed by atoms with van der Waals surface area (Å²) in [6.07, 6.45) is 0. The van der Waals surface area contributed by atoms with Crippen LogP contribution >= 0.6 is 0 Å². The van der Waals surface area contributed by atoms with Gasteiger partial charge in [-0.05, 0) is 37.4 Å². The standard InChI is InChI=1S/C18H25N7/c1-24(2)9-13-14-10-25(11-15(13)14)18-22-16(19)21-17(23-18)20-8-12-6-4-3-5-7-12/h3-7,13-15H,8-11H2,1-2H3,(H3,19,20,21,22,23)/t13?,14-,15+. The van der Waals surface area contributed by atoms with Gasteiger partial charge in [0.1, 0.15) is 0 Å². The fourth-order valence-corrected chi connectivity index (χ4v) is 3.88. The molecule has 2 heterocycles. The van der Waals surface area contributed by atoms with Crippen LogP contribution in [-0.2, 0) is 6.54 Å². The fourth-order valence-electron chi connectivity index (χ4n) is 3.88. The van der Waals surface area contributed by atoms with Crippen molar-refractivity contribution in [2.24, 2.45) is 17.8 Å². The summed E-state index contributed by atoms with van der Waals surface area (Å²) in [7, 11) is 4.28. The molecule has 132 valence electrons. The molecule has 25 heavy (non-hydrogen) atoms. The third-order valence-corrected chi connectivity index (χ3v) is 5.16. The number of nitrogens with one attached hydrogen (secondary N) is 1. The molecule has 1 aliphatic carbocycles. The first kappa shape index (κ1) is 16.1. The Balaban J connectivity index is 1.39. The second-order valence-corrected chi connectivity index (χ2v) is 7.32. The van der Waals surface area contributed by atoms with E-state index in [0.29, 0.717) is 18.4 Å². The van der Waals surface area contributed by atoms with Crippen molar-refractivity contribution in [2.75, 3.05) is 49.7 Å². The van der Waals surface area contributed by atoms with E-state index < -0.39 is 0 Å². The molecule has 0 spiro atoms. The topological polar surface area (TPSA) is 83.2 Å². The molecule has 7 nitrogen and oxygen atoms in total. The molecule has 2 aromatic rings. The Kier molecular flexibility index (Phi) is 4.17. The third kappa shape index (κ3) is 3.51. The summed E-state index contributed by atoms with van der Waals surface area (Å²) in [4.78, 5) is 17.7. The van der Waals surface area contributed by atoms with Crippen molar-refractivity contribution in [3.63, 3.8) is 0 Å². The first-order valence-electron chi connectivity index (χ1n) is 8.79. The van der Waals surface area contributed by atoms with Crippen LogP contribution in [0.5, 0.6) is 0 Å². The van der Waals surface area contributed by atoms with Crippen LogP contribution in [0.15, 0.2) is 30.3 Å². The van der Waals surface area contributed by atoms with Gasteiger partial charge in [-0.25, -0.2) is 0 Å². The molecule has 2 fully saturated rings. The highest BCUT2D eigenvalue weighted by atomic mass is 15.3. The lowest BCUT2D eigenvalue weighted by atomic mass is 10.2. The van der Waals surface area contributed by atoms with E-state index in [1.165, 1.54) is 12.1 Å². The lowest BCUT2D eigenvalue weighted by molar-refractivity contribution is 0.366. The molecule has 0 radical (unpaired) electrons. The Labute approximate surface area is 148 Å². The number of nitrogens with zero attached hydrogens (tertiary/aromatic N) is 5. The molecule has 1 unspecified atom stereocenters. The Morgan fingerprint density at radius 2 is 1.84 bits per heavy atom. The lowest BCUT2D eigenvalue weighted by Gasteiger charge is -2.21. The molecular formula is C18H25N7. The van der Waals surface area contributed by atoms with E-state index in [-0.39, 0.29) is 5.95 Å². The molecule has 7 heteroatoms. The van der Waals surface area contributed by atoms with E-state index in [2.05, 4.69) is 56.3 Å². The number of hydrogen-bond acceptors (Lipinski definition) is 7. The Morgan fingerprint density at radius 1 is 1.12 bits per heavy atom. The first-order chi connectivity index (χ1) is 12.1. The number of hydrogen-bond donors (Lipinski definition) is 2. The van der Waals surface area contributed by atoms with Crippen molar-refractivity contribution in [1.29, 1.82) is 0 Å². The Morgan fingerprint density at radius 3 is 2.52 bits per heavy atom. The summed E-state index contributed by atoms with van der Waals surface area (Å²) in [5.41, 5.74) is 7.08. The summed E-state index contributed by atoms with van der Waals surface area (Å²) >= 11 is 0. The summed E-state index contributed by atoms with van der Waals surface area (Å²) in [5, 5.41) is 3.25. The van der Waals surface area contributed by atoms with E-state index in [1.807, 2.05) is 18.2 Å². The lowest BCUT2D eigenvalue weighted by Crippen LogP contribution is -2.29. The SMILES string of the molecule is CN(C)CC1[C@H]2CN(c3nc(N)nc(NCc4ccccc4)n3)C[C@@H]12. The summed E-state index contributed by atoms with van der Waals surface area (Å²) in [6, 6.07) is 10.2. The van der Waals surface area contributed by atoms with Crippen molar-refractivity contribution >= 4 is 17.8 Å². The van der Waals surface area contributed by atoms with Crippen LogP contribution < -0.4 is 16.0 Å². The summed E-state index contributed by atoms with van der Waals surface area (Å²) < 4.78 is 0. The van der Waals surface area contributed by atoms with E-state index in [0.717, 1.165) is 30.8 Å². The zero-order chi connectivity index (χ0) is 17.4. The Bertz CT molecular complexity index is 721. The normalized spacial score (nSPS) is 24.4. The summed E-state index contributed by atoms with van der Waals surface area (Å²) in [5.74, 6) is 3.85. The van der Waals surface area contributed by atoms with Gasteiger partial charge in [-0.1, -0.05) is 30.3 Å². The van der Waals surface area contributed by atoms with E-state index in [9.17, 15) is 0 Å². The van der Waals surface area contributed by atoms with Gasteiger partial charge in [0.25, 0.3) is 0 Å². The minimum absolute atomic E-state index is 0.269. The van der Waals surface area contributed by atoms with Crippen molar-refractivity contribution in [1.82, 2.24) is 19.9 Å². The monoisotopic (exact) mass is 339 g/mol. The van der Waals surface area contributed by atoms with Crippen LogP contribution in [0.3, 0.4) is 0 Å². The van der Waals surface area contributed by atoms with Gasteiger partial charge >= 0.3 is 0 Å². The highest BCUT2D eigenvalue weighted by Gasteiger charge is 2.55. The van der Waals surface area contributed by atoms with Gasteiger partial charge in [0.15, 0.2) is 0 Å². The molecule has 4 rings (SSSR count). The molecule has 1 aliphatic heterocycles. The summed E-state index contributed by atoms with van der Waals surface area (Å²) in [6.45, 7) is 3.88. The van der Waals surface area contributed by atoms with Crippen molar-refractivity contribution in [2.45, 2.75) is 6.54 Å². The van der Waals surface area contributed by atoms with Crippen molar-refractivity contribution < 1.29 is 0 Å². The van der Waals surface area contributed by atoms with Gasteiger partial charge < -0.3 is 20.9 Å². The number of aromatic nitrogens is 3. The van der Waals surface area contributed by atoms with Crippen LogP contribution in [-0.4, -0.2) is 53.6 Å².